The van der Waals surface area contributed by atoms with Gasteiger partial charge in [0, 0.05) is 13.1 Å². The van der Waals surface area contributed by atoms with Gasteiger partial charge >= 0.3 is 5.97 Å². The lowest BCUT2D eigenvalue weighted by atomic mass is 10.1. The van der Waals surface area contributed by atoms with Gasteiger partial charge in [0.05, 0.1) is 34.5 Å². The van der Waals surface area contributed by atoms with Crippen molar-refractivity contribution in [3.8, 4) is 0 Å². The van der Waals surface area contributed by atoms with E-state index in [0.717, 1.165) is 6.07 Å². The Balaban J connectivity index is 2.06. The average Bonchev–Trinajstić information content (AvgIpc) is 2.59. The standard InChI is InChI=1S/C17H16F2N2O4S/c1-2-10-21-13-8(15(22)11(17(23)24)16(21)26-10)7-9(18)14(12(13)19)20-3-5-25-6-4-20/h7,10H,2-6H2,1H3,(H,23,24). The molecule has 1 atom stereocenters. The highest BCUT2D eigenvalue weighted by atomic mass is 32.2. The van der Waals surface area contributed by atoms with Crippen LogP contribution in [0.15, 0.2) is 15.9 Å². The van der Waals surface area contributed by atoms with Crippen LogP contribution in [0.1, 0.15) is 29.1 Å². The van der Waals surface area contributed by atoms with Crippen molar-refractivity contribution in [1.82, 2.24) is 4.57 Å². The summed E-state index contributed by atoms with van der Waals surface area (Å²) in [6, 6.07) is 0.959. The van der Waals surface area contributed by atoms with Crippen molar-refractivity contribution in [1.29, 1.82) is 0 Å². The maximum Gasteiger partial charge on any atom is 0.342 e. The van der Waals surface area contributed by atoms with Gasteiger partial charge in [-0.05, 0) is 12.5 Å². The van der Waals surface area contributed by atoms with Crippen LogP contribution in [0.4, 0.5) is 14.5 Å². The minimum atomic E-state index is -1.39. The Hall–Kier alpha value is -2.13. The molecule has 0 aliphatic carbocycles. The fourth-order valence-corrected chi connectivity index (χ4v) is 4.73. The van der Waals surface area contributed by atoms with Crippen LogP contribution in [-0.4, -0.2) is 41.9 Å². The van der Waals surface area contributed by atoms with Crippen molar-refractivity contribution >= 4 is 34.3 Å². The lowest BCUT2D eigenvalue weighted by molar-refractivity contribution is 0.0689. The van der Waals surface area contributed by atoms with Crippen molar-refractivity contribution < 1.29 is 23.4 Å². The number of carbonyl (C=O) groups is 1. The van der Waals surface area contributed by atoms with Crippen LogP contribution in [0.5, 0.6) is 0 Å². The number of nitrogens with zero attached hydrogens (tertiary/aromatic N) is 2. The zero-order valence-corrected chi connectivity index (χ0v) is 14.7. The van der Waals surface area contributed by atoms with E-state index in [1.807, 2.05) is 6.92 Å². The molecule has 6 nitrogen and oxygen atoms in total. The summed E-state index contributed by atoms with van der Waals surface area (Å²) in [5, 5.41) is 9.18. The number of aromatic carboxylic acids is 1. The normalized spacial score (nSPS) is 19.3. The number of hydrogen-bond acceptors (Lipinski definition) is 5. The Labute approximate surface area is 151 Å². The molecular formula is C17H16F2N2O4S. The van der Waals surface area contributed by atoms with E-state index >= 15 is 4.39 Å². The van der Waals surface area contributed by atoms with Crippen LogP contribution in [0.3, 0.4) is 0 Å². The van der Waals surface area contributed by atoms with E-state index in [1.165, 1.54) is 16.3 Å². The molecule has 4 rings (SSSR count). The molecule has 1 fully saturated rings. The highest BCUT2D eigenvalue weighted by Gasteiger charge is 2.36. The van der Waals surface area contributed by atoms with E-state index in [1.54, 1.807) is 4.90 Å². The third-order valence-corrected chi connectivity index (χ3v) is 6.18. The van der Waals surface area contributed by atoms with E-state index in [4.69, 9.17) is 4.74 Å². The van der Waals surface area contributed by atoms with Gasteiger partial charge in [0.15, 0.2) is 5.82 Å². The van der Waals surface area contributed by atoms with E-state index in [0.29, 0.717) is 32.7 Å². The first kappa shape index (κ1) is 17.3. The fraction of sp³-hybridized carbons (Fsp3) is 0.412. The second-order valence-corrected chi connectivity index (χ2v) is 7.35. The number of anilines is 1. The number of carboxylic acids is 1. The number of benzene rings is 1. The molecule has 3 heterocycles. The topological polar surface area (TPSA) is 71.8 Å². The number of pyridine rings is 1. The van der Waals surface area contributed by atoms with Gasteiger partial charge in [-0.25, -0.2) is 13.6 Å². The average molecular weight is 382 g/mol. The largest absolute Gasteiger partial charge is 0.477 e. The maximum absolute atomic E-state index is 15.4. The first-order valence-electron chi connectivity index (χ1n) is 8.28. The second-order valence-electron chi connectivity index (χ2n) is 6.18. The Kier molecular flexibility index (Phi) is 4.15. The highest BCUT2D eigenvalue weighted by Crippen LogP contribution is 2.49. The van der Waals surface area contributed by atoms with Gasteiger partial charge in [-0.2, -0.15) is 0 Å². The Morgan fingerprint density at radius 2 is 2.08 bits per heavy atom. The van der Waals surface area contributed by atoms with Crippen LogP contribution in [0.2, 0.25) is 0 Å². The number of halogens is 2. The molecule has 2 aliphatic rings. The Morgan fingerprint density at radius 3 is 2.69 bits per heavy atom. The van der Waals surface area contributed by atoms with Gasteiger partial charge in [-0.15, -0.1) is 0 Å². The van der Waals surface area contributed by atoms with Crippen molar-refractivity contribution in [2.24, 2.45) is 0 Å². The number of morpholine rings is 1. The lowest BCUT2D eigenvalue weighted by Crippen LogP contribution is -2.38. The second kappa shape index (κ2) is 6.24. The SMILES string of the molecule is CCC1Sc2c(C(=O)O)c(=O)c3cc(F)c(N4CCOCC4)c(F)c3n21. The van der Waals surface area contributed by atoms with Crippen molar-refractivity contribution in [3.63, 3.8) is 0 Å². The molecular weight excluding hydrogens is 366 g/mol. The molecule has 138 valence electrons. The number of ether oxygens (including phenoxy) is 1. The summed E-state index contributed by atoms with van der Waals surface area (Å²) in [5.74, 6) is -3.08. The van der Waals surface area contributed by atoms with E-state index < -0.39 is 28.6 Å². The molecule has 9 heteroatoms. The lowest BCUT2D eigenvalue weighted by Gasteiger charge is -2.36. The molecule has 26 heavy (non-hydrogen) atoms. The number of fused-ring (bicyclic) bond motifs is 3. The quantitative estimate of drug-likeness (QED) is 0.880. The zero-order valence-electron chi connectivity index (χ0n) is 13.9. The van der Waals surface area contributed by atoms with E-state index in [9.17, 15) is 19.1 Å². The van der Waals surface area contributed by atoms with Crippen LogP contribution in [-0.2, 0) is 4.74 Å². The molecule has 2 aliphatic heterocycles. The summed E-state index contributed by atoms with van der Waals surface area (Å²) in [7, 11) is 0. The number of thioether (sulfide) groups is 1. The summed E-state index contributed by atoms with van der Waals surface area (Å²) in [5.41, 5.74) is -1.49. The molecule has 0 bridgehead atoms. The van der Waals surface area contributed by atoms with Crippen LogP contribution in [0.25, 0.3) is 10.9 Å². The first-order chi connectivity index (χ1) is 12.5. The zero-order chi connectivity index (χ0) is 18.6. The van der Waals surface area contributed by atoms with Gasteiger partial charge in [0.25, 0.3) is 0 Å². The smallest absolute Gasteiger partial charge is 0.342 e. The maximum atomic E-state index is 15.4. The monoisotopic (exact) mass is 382 g/mol. The summed E-state index contributed by atoms with van der Waals surface area (Å²) in [6.45, 7) is 3.29. The summed E-state index contributed by atoms with van der Waals surface area (Å²) < 4.78 is 36.8. The molecule has 0 spiro atoms. The van der Waals surface area contributed by atoms with Crippen molar-refractivity contribution in [2.75, 3.05) is 31.2 Å². The van der Waals surface area contributed by atoms with Crippen molar-refractivity contribution in [2.45, 2.75) is 23.7 Å². The fourth-order valence-electron chi connectivity index (χ4n) is 3.52. The Morgan fingerprint density at radius 1 is 1.38 bits per heavy atom. The predicted molar refractivity (Wildman–Crippen MR) is 93.3 cm³/mol. The Bertz CT molecular complexity index is 985. The van der Waals surface area contributed by atoms with Crippen molar-refractivity contribution in [3.05, 3.63) is 33.5 Å². The van der Waals surface area contributed by atoms with Crippen LogP contribution < -0.4 is 10.3 Å². The molecule has 2 aromatic rings. The van der Waals surface area contributed by atoms with Crippen LogP contribution >= 0.6 is 11.8 Å². The summed E-state index contributed by atoms with van der Waals surface area (Å²) in [4.78, 5) is 25.7. The molecule has 1 aromatic carbocycles. The van der Waals surface area contributed by atoms with Gasteiger partial charge in [-0.3, -0.25) is 4.79 Å². The molecule has 1 unspecified atom stereocenters. The molecule has 1 saturated heterocycles. The van der Waals surface area contributed by atoms with E-state index in [2.05, 4.69) is 0 Å². The number of hydrogen-bond donors (Lipinski definition) is 1. The minimum Gasteiger partial charge on any atom is -0.477 e. The number of aromatic nitrogens is 1. The van der Waals surface area contributed by atoms with Gasteiger partial charge < -0.3 is 19.3 Å². The summed E-state index contributed by atoms with van der Waals surface area (Å²) in [6.07, 6.45) is 0.623. The summed E-state index contributed by atoms with van der Waals surface area (Å²) >= 11 is 1.23. The minimum absolute atomic E-state index is 0.0245. The molecule has 0 amide bonds. The molecule has 1 N–H and O–H groups in total. The molecule has 0 saturated carbocycles. The third-order valence-electron chi connectivity index (χ3n) is 4.74. The number of carboxylic acid groups (broad SMARTS) is 1. The predicted octanol–water partition coefficient (Wildman–Crippen LogP) is 2.83. The van der Waals surface area contributed by atoms with Gasteiger partial charge in [0.1, 0.15) is 17.1 Å². The third kappa shape index (κ3) is 2.34. The molecule has 0 radical (unpaired) electrons. The van der Waals surface area contributed by atoms with Gasteiger partial charge in [-0.1, -0.05) is 18.7 Å². The highest BCUT2D eigenvalue weighted by molar-refractivity contribution is 8.00. The first-order valence-corrected chi connectivity index (χ1v) is 9.16. The number of rotatable bonds is 3. The van der Waals surface area contributed by atoms with Gasteiger partial charge in [0.2, 0.25) is 5.43 Å². The molecule has 1 aromatic heterocycles. The van der Waals surface area contributed by atoms with E-state index in [-0.39, 0.29) is 27.0 Å². The van der Waals surface area contributed by atoms with Crippen LogP contribution in [0, 0.1) is 11.6 Å².